The van der Waals surface area contributed by atoms with Crippen molar-refractivity contribution in [1.29, 1.82) is 0 Å². The maximum Gasteiger partial charge on any atom is 0.678 e. The summed E-state index contributed by atoms with van der Waals surface area (Å²) in [4.78, 5) is 4.44. The molecule has 0 bridgehead atoms. The zero-order valence-corrected chi connectivity index (χ0v) is 12.6. The molecule has 1 aliphatic heterocycles. The van der Waals surface area contributed by atoms with Crippen LogP contribution in [0.25, 0.3) is 17.0 Å². The van der Waals surface area contributed by atoms with Gasteiger partial charge in [0.15, 0.2) is 0 Å². The van der Waals surface area contributed by atoms with Crippen molar-refractivity contribution in [3.8, 4) is 11.5 Å². The average Bonchev–Trinajstić information content (AvgIpc) is 3.15. The summed E-state index contributed by atoms with van der Waals surface area (Å²) in [6.45, 7) is 5.64. The Hall–Kier alpha value is -2.37. The predicted molar refractivity (Wildman–Crippen MR) is 85.0 cm³/mol. The first kappa shape index (κ1) is 14.6. The number of rotatable bonds is 3. The van der Waals surface area contributed by atoms with E-state index in [0.29, 0.717) is 17.1 Å². The molecule has 0 N–H and O–H groups in total. The molecule has 0 aliphatic carbocycles. The molecule has 2 aromatic heterocycles. The van der Waals surface area contributed by atoms with Crippen LogP contribution in [0.5, 0.6) is 0 Å². The molecule has 6 heteroatoms. The van der Waals surface area contributed by atoms with Crippen molar-refractivity contribution < 1.29 is 13.0 Å². The lowest BCUT2D eigenvalue weighted by molar-refractivity contribution is 0.573. The fraction of sp³-hybridized carbons (Fsp3) is 0.188. The lowest BCUT2D eigenvalue weighted by Gasteiger charge is -2.11. The van der Waals surface area contributed by atoms with E-state index in [4.69, 9.17) is 4.42 Å². The van der Waals surface area contributed by atoms with Crippen LogP contribution in [-0.4, -0.2) is 17.6 Å². The number of halogens is 2. The van der Waals surface area contributed by atoms with Crippen LogP contribution in [0.4, 0.5) is 8.63 Å². The van der Waals surface area contributed by atoms with E-state index in [1.165, 1.54) is 6.26 Å². The summed E-state index contributed by atoms with van der Waals surface area (Å²) in [5, 5.41) is 0. The zero-order valence-electron chi connectivity index (χ0n) is 12.6. The standard InChI is InChI=1S/C16H15BF2N2O/c1-10-9-11(2)20-16(10)12(3)13-6-7-14(21(13)17(18)19)15-5-4-8-22-15/h4-9H,1-3H3/b16-12-. The molecule has 0 saturated carbocycles. The maximum absolute atomic E-state index is 13.6. The monoisotopic (exact) mass is 300 g/mol. The number of aromatic nitrogens is 1. The first-order valence-corrected chi connectivity index (χ1v) is 6.97. The van der Waals surface area contributed by atoms with Crippen LogP contribution >= 0.6 is 0 Å². The Balaban J connectivity index is 2.17. The van der Waals surface area contributed by atoms with Gasteiger partial charge in [0.1, 0.15) is 5.76 Å². The van der Waals surface area contributed by atoms with Gasteiger partial charge in [-0.1, -0.05) is 0 Å². The van der Waals surface area contributed by atoms with Crippen LogP contribution in [0, 0.1) is 0 Å². The van der Waals surface area contributed by atoms with E-state index in [-0.39, 0.29) is 0 Å². The Bertz CT molecular complexity index is 798. The van der Waals surface area contributed by atoms with Crippen LogP contribution < -0.4 is 0 Å². The van der Waals surface area contributed by atoms with E-state index in [9.17, 15) is 8.63 Å². The molecule has 0 saturated heterocycles. The molecule has 0 aromatic carbocycles. The minimum atomic E-state index is -2.66. The molecule has 0 atom stereocenters. The highest BCUT2D eigenvalue weighted by Gasteiger charge is 2.27. The molecule has 2 aromatic rings. The van der Waals surface area contributed by atoms with Gasteiger partial charge in [0.2, 0.25) is 0 Å². The number of furan rings is 1. The number of hydrogen-bond acceptors (Lipinski definition) is 2. The van der Waals surface area contributed by atoms with Crippen molar-refractivity contribution in [2.75, 3.05) is 0 Å². The predicted octanol–water partition coefficient (Wildman–Crippen LogP) is 4.67. The van der Waals surface area contributed by atoms with E-state index in [1.807, 2.05) is 26.8 Å². The summed E-state index contributed by atoms with van der Waals surface area (Å²) in [6.07, 6.45) is 3.42. The third-order valence-electron chi connectivity index (χ3n) is 3.71. The first-order valence-electron chi connectivity index (χ1n) is 6.97. The highest BCUT2D eigenvalue weighted by molar-refractivity contribution is 6.42. The molecular formula is C16H15BF2N2O. The molecular weight excluding hydrogens is 285 g/mol. The fourth-order valence-electron chi connectivity index (χ4n) is 2.77. The summed E-state index contributed by atoms with van der Waals surface area (Å²) in [5.74, 6) is 0.419. The fourth-order valence-corrected chi connectivity index (χ4v) is 2.77. The molecule has 3 rings (SSSR count). The number of allylic oxidation sites excluding steroid dienone is 3. The Morgan fingerprint density at radius 2 is 2.00 bits per heavy atom. The zero-order chi connectivity index (χ0) is 15.9. The van der Waals surface area contributed by atoms with Crippen molar-refractivity contribution in [3.63, 3.8) is 0 Å². The normalized spacial score (nSPS) is 16.6. The van der Waals surface area contributed by atoms with Gasteiger partial charge in [-0.3, -0.25) is 13.6 Å². The van der Waals surface area contributed by atoms with Gasteiger partial charge in [-0.15, -0.1) is 0 Å². The Morgan fingerprint density at radius 1 is 1.23 bits per heavy atom. The molecule has 1 aliphatic rings. The Morgan fingerprint density at radius 3 is 2.55 bits per heavy atom. The number of nitrogens with zero attached hydrogens (tertiary/aromatic N) is 2. The third-order valence-corrected chi connectivity index (χ3v) is 3.71. The Labute approximate surface area is 127 Å². The largest absolute Gasteiger partial charge is 0.678 e. The molecule has 0 amide bonds. The van der Waals surface area contributed by atoms with Gasteiger partial charge in [-0.2, -0.15) is 0 Å². The van der Waals surface area contributed by atoms with Gasteiger partial charge < -0.3 is 8.90 Å². The van der Waals surface area contributed by atoms with Crippen molar-refractivity contribution >= 4 is 18.7 Å². The highest BCUT2D eigenvalue weighted by Crippen LogP contribution is 2.32. The van der Waals surface area contributed by atoms with Gasteiger partial charge in [0, 0.05) is 11.4 Å². The molecule has 0 radical (unpaired) electrons. The molecule has 0 spiro atoms. The minimum Gasteiger partial charge on any atom is -0.463 e. The van der Waals surface area contributed by atoms with Crippen LogP contribution in [0.2, 0.25) is 0 Å². The third kappa shape index (κ3) is 2.34. The SMILES string of the molecule is CC1=CC(C)=N/C1=C(/C)c1ccc(-c2ccco2)n1B(F)F. The summed E-state index contributed by atoms with van der Waals surface area (Å²) in [6, 6.07) is 6.68. The van der Waals surface area contributed by atoms with Crippen LogP contribution in [0.15, 0.2) is 57.3 Å². The van der Waals surface area contributed by atoms with E-state index in [0.717, 1.165) is 27.0 Å². The van der Waals surface area contributed by atoms with Gasteiger partial charge in [-0.05, 0) is 62.3 Å². The second kappa shape index (κ2) is 5.44. The smallest absolute Gasteiger partial charge is 0.463 e. The summed E-state index contributed by atoms with van der Waals surface area (Å²) in [7, 11) is -2.66. The first-order chi connectivity index (χ1) is 10.5. The second-order valence-electron chi connectivity index (χ2n) is 5.28. The van der Waals surface area contributed by atoms with Crippen LogP contribution in [0.1, 0.15) is 26.5 Å². The number of aliphatic imine (C=N–C) groups is 1. The topological polar surface area (TPSA) is 30.4 Å². The van der Waals surface area contributed by atoms with E-state index < -0.39 is 7.40 Å². The summed E-state index contributed by atoms with van der Waals surface area (Å²) >= 11 is 0. The minimum absolute atomic E-state index is 0.357. The quantitative estimate of drug-likeness (QED) is 0.757. The average molecular weight is 300 g/mol. The van der Waals surface area contributed by atoms with Crippen molar-refractivity contribution in [2.45, 2.75) is 20.8 Å². The summed E-state index contributed by atoms with van der Waals surface area (Å²) in [5.41, 5.74) is 4.15. The summed E-state index contributed by atoms with van der Waals surface area (Å²) < 4.78 is 33.4. The molecule has 3 heterocycles. The lowest BCUT2D eigenvalue weighted by atomic mass is 10.1. The van der Waals surface area contributed by atoms with E-state index in [2.05, 4.69) is 4.99 Å². The lowest BCUT2D eigenvalue weighted by Crippen LogP contribution is -2.16. The van der Waals surface area contributed by atoms with E-state index in [1.54, 1.807) is 24.3 Å². The van der Waals surface area contributed by atoms with Crippen molar-refractivity contribution in [2.24, 2.45) is 4.99 Å². The Kier molecular flexibility index (Phi) is 3.60. The maximum atomic E-state index is 13.6. The molecule has 0 unspecified atom stereocenters. The van der Waals surface area contributed by atoms with Gasteiger partial charge >= 0.3 is 7.40 Å². The molecule has 3 nitrogen and oxygen atoms in total. The van der Waals surface area contributed by atoms with Crippen molar-refractivity contribution in [1.82, 2.24) is 4.48 Å². The highest BCUT2D eigenvalue weighted by atomic mass is 19.2. The molecule has 22 heavy (non-hydrogen) atoms. The molecule has 0 fully saturated rings. The second-order valence-corrected chi connectivity index (χ2v) is 5.28. The number of hydrogen-bond donors (Lipinski definition) is 0. The molecule has 112 valence electrons. The van der Waals surface area contributed by atoms with Crippen molar-refractivity contribution in [3.05, 3.63) is 53.6 Å². The van der Waals surface area contributed by atoms with Crippen LogP contribution in [0.3, 0.4) is 0 Å². The van der Waals surface area contributed by atoms with Crippen LogP contribution in [-0.2, 0) is 0 Å². The van der Waals surface area contributed by atoms with Gasteiger partial charge in [-0.25, -0.2) is 0 Å². The van der Waals surface area contributed by atoms with Gasteiger partial charge in [0.05, 0.1) is 17.7 Å². The van der Waals surface area contributed by atoms with Gasteiger partial charge in [0.25, 0.3) is 0 Å². The van der Waals surface area contributed by atoms with E-state index >= 15 is 0 Å².